The van der Waals surface area contributed by atoms with Gasteiger partial charge in [0.25, 0.3) is 0 Å². The van der Waals surface area contributed by atoms with Crippen molar-refractivity contribution in [3.8, 4) is 0 Å². The summed E-state index contributed by atoms with van der Waals surface area (Å²) in [6, 6.07) is 18.1. The summed E-state index contributed by atoms with van der Waals surface area (Å²) >= 11 is 0. The Morgan fingerprint density at radius 1 is 1.19 bits per heavy atom. The zero-order chi connectivity index (χ0) is 15.2. The van der Waals surface area contributed by atoms with E-state index in [1.807, 2.05) is 43.4 Å². The van der Waals surface area contributed by atoms with Crippen molar-refractivity contribution < 1.29 is 5.21 Å². The van der Waals surface area contributed by atoms with Crippen LogP contribution in [0.4, 0.5) is 5.69 Å². The number of anilines is 1. The number of aryl methyl sites for hydroxylation is 1. The predicted molar refractivity (Wildman–Crippen MR) is 87.0 cm³/mol. The molecular weight excluding hydrogens is 262 g/mol. The molecule has 0 radical (unpaired) electrons. The van der Waals surface area contributed by atoms with Crippen LogP contribution in [0, 0.1) is 6.92 Å². The van der Waals surface area contributed by atoms with E-state index in [0.717, 1.165) is 11.3 Å². The largest absolute Gasteiger partial charge is 0.409 e. The molecule has 110 valence electrons. The summed E-state index contributed by atoms with van der Waals surface area (Å²) in [7, 11) is 2.01. The Morgan fingerprint density at radius 2 is 1.90 bits per heavy atom. The van der Waals surface area contributed by atoms with Gasteiger partial charge in [-0.15, -0.1) is 0 Å². The predicted octanol–water partition coefficient (Wildman–Crippen LogP) is 2.96. The van der Waals surface area contributed by atoms with E-state index in [1.165, 1.54) is 5.56 Å². The van der Waals surface area contributed by atoms with Gasteiger partial charge in [0.05, 0.1) is 5.92 Å². The van der Waals surface area contributed by atoms with Crippen LogP contribution in [0.1, 0.15) is 17.0 Å². The van der Waals surface area contributed by atoms with Crippen molar-refractivity contribution >= 4 is 11.5 Å². The number of benzene rings is 2. The van der Waals surface area contributed by atoms with Crippen LogP contribution in [0.5, 0.6) is 0 Å². The maximum absolute atomic E-state index is 9.04. The van der Waals surface area contributed by atoms with Gasteiger partial charge in [-0.3, -0.25) is 0 Å². The minimum atomic E-state index is -0.151. The molecule has 2 aromatic rings. The van der Waals surface area contributed by atoms with Gasteiger partial charge in [0.1, 0.15) is 5.84 Å². The van der Waals surface area contributed by atoms with Crippen LogP contribution in [-0.4, -0.2) is 24.6 Å². The number of likely N-dealkylation sites (N-methyl/N-ethyl adjacent to an activating group) is 1. The van der Waals surface area contributed by atoms with Crippen molar-refractivity contribution in [2.75, 3.05) is 18.5 Å². The smallest absolute Gasteiger partial charge is 0.148 e. The molecule has 3 N–H and O–H groups in total. The highest BCUT2D eigenvalue weighted by Crippen LogP contribution is 2.21. The molecular formula is C17H21N3O. The lowest BCUT2D eigenvalue weighted by Gasteiger charge is -2.25. The fraction of sp³-hybridized carbons (Fsp3) is 0.235. The molecule has 0 bridgehead atoms. The molecule has 0 saturated heterocycles. The monoisotopic (exact) mass is 283 g/mol. The van der Waals surface area contributed by atoms with Gasteiger partial charge >= 0.3 is 0 Å². The van der Waals surface area contributed by atoms with Crippen molar-refractivity contribution in [1.82, 2.24) is 0 Å². The molecule has 0 amide bonds. The van der Waals surface area contributed by atoms with E-state index in [0.29, 0.717) is 6.54 Å². The Balaban J connectivity index is 2.23. The summed E-state index contributed by atoms with van der Waals surface area (Å²) in [6.45, 7) is 2.71. The number of nitrogens with zero attached hydrogens (tertiary/aromatic N) is 2. The van der Waals surface area contributed by atoms with Gasteiger partial charge in [0, 0.05) is 19.3 Å². The molecule has 0 aliphatic heterocycles. The lowest BCUT2D eigenvalue weighted by molar-refractivity contribution is 0.316. The normalized spacial score (nSPS) is 13.0. The van der Waals surface area contributed by atoms with Crippen LogP contribution in [0.2, 0.25) is 0 Å². The van der Waals surface area contributed by atoms with Crippen LogP contribution >= 0.6 is 0 Å². The third-order valence-electron chi connectivity index (χ3n) is 3.57. The van der Waals surface area contributed by atoms with Gasteiger partial charge in [-0.05, 0) is 30.2 Å². The highest BCUT2D eigenvalue weighted by molar-refractivity contribution is 5.87. The lowest BCUT2D eigenvalue weighted by Crippen LogP contribution is -2.33. The van der Waals surface area contributed by atoms with Crippen molar-refractivity contribution in [3.05, 3.63) is 65.7 Å². The highest BCUT2D eigenvalue weighted by Gasteiger charge is 2.19. The van der Waals surface area contributed by atoms with Crippen LogP contribution in [0.3, 0.4) is 0 Å². The van der Waals surface area contributed by atoms with Crippen molar-refractivity contribution in [1.29, 1.82) is 0 Å². The highest BCUT2D eigenvalue weighted by atomic mass is 16.4. The number of oxime groups is 1. The number of rotatable bonds is 5. The minimum absolute atomic E-state index is 0.151. The molecule has 1 unspecified atom stereocenters. The summed E-state index contributed by atoms with van der Waals surface area (Å²) in [4.78, 5) is 2.11. The molecule has 21 heavy (non-hydrogen) atoms. The molecule has 0 spiro atoms. The molecule has 0 aliphatic carbocycles. The third-order valence-corrected chi connectivity index (χ3v) is 3.57. The first-order valence-electron chi connectivity index (χ1n) is 6.92. The summed E-state index contributed by atoms with van der Waals surface area (Å²) in [6.07, 6.45) is 0. The average molecular weight is 283 g/mol. The zero-order valence-electron chi connectivity index (χ0n) is 12.4. The van der Waals surface area contributed by atoms with Crippen LogP contribution in [-0.2, 0) is 0 Å². The molecule has 2 rings (SSSR count). The summed E-state index contributed by atoms with van der Waals surface area (Å²) in [5.74, 6) is 0.0717. The Morgan fingerprint density at radius 3 is 2.52 bits per heavy atom. The van der Waals surface area contributed by atoms with Crippen LogP contribution in [0.15, 0.2) is 59.8 Å². The molecule has 0 saturated carbocycles. The quantitative estimate of drug-likeness (QED) is 0.384. The van der Waals surface area contributed by atoms with Crippen LogP contribution in [0.25, 0.3) is 0 Å². The molecule has 0 fully saturated rings. The fourth-order valence-corrected chi connectivity index (χ4v) is 2.37. The maximum Gasteiger partial charge on any atom is 0.148 e. The summed E-state index contributed by atoms with van der Waals surface area (Å²) < 4.78 is 0. The second-order valence-electron chi connectivity index (χ2n) is 5.21. The Labute approximate surface area is 125 Å². The van der Waals surface area contributed by atoms with Crippen molar-refractivity contribution in [2.24, 2.45) is 10.9 Å². The van der Waals surface area contributed by atoms with Gasteiger partial charge in [0.2, 0.25) is 0 Å². The third kappa shape index (κ3) is 3.75. The average Bonchev–Trinajstić information content (AvgIpc) is 2.52. The first-order valence-corrected chi connectivity index (χ1v) is 6.92. The van der Waals surface area contributed by atoms with Gasteiger partial charge in [-0.2, -0.15) is 0 Å². The Kier molecular flexibility index (Phi) is 4.82. The van der Waals surface area contributed by atoms with E-state index in [1.54, 1.807) is 0 Å². The minimum Gasteiger partial charge on any atom is -0.409 e. The molecule has 1 atom stereocenters. The molecule has 0 heterocycles. The van der Waals surface area contributed by atoms with E-state index in [-0.39, 0.29) is 11.8 Å². The van der Waals surface area contributed by atoms with E-state index < -0.39 is 0 Å². The number of nitrogens with two attached hydrogens (primary N) is 1. The molecule has 4 heteroatoms. The Hall–Kier alpha value is -2.49. The maximum atomic E-state index is 9.04. The molecule has 0 aliphatic rings. The van der Waals surface area contributed by atoms with Crippen molar-refractivity contribution in [3.63, 3.8) is 0 Å². The van der Waals surface area contributed by atoms with Crippen molar-refractivity contribution in [2.45, 2.75) is 12.8 Å². The van der Waals surface area contributed by atoms with E-state index in [4.69, 9.17) is 10.9 Å². The Bertz CT molecular complexity index is 610. The standard InChI is InChI=1S/C17H21N3O/c1-13-7-6-10-15(11-13)20(2)12-16(17(18)19-21)14-8-4-3-5-9-14/h3-11,16,21H,12H2,1-2H3,(H2,18,19). The van der Waals surface area contributed by atoms with E-state index in [9.17, 15) is 0 Å². The molecule has 2 aromatic carbocycles. The first-order chi connectivity index (χ1) is 10.1. The van der Waals surface area contributed by atoms with Gasteiger partial charge in [0.15, 0.2) is 0 Å². The van der Waals surface area contributed by atoms with Crippen LogP contribution < -0.4 is 10.6 Å². The SMILES string of the molecule is Cc1cccc(N(C)CC(C(N)=NO)c2ccccc2)c1. The topological polar surface area (TPSA) is 61.8 Å². The molecule has 4 nitrogen and oxygen atoms in total. The molecule has 0 aromatic heterocycles. The van der Waals surface area contributed by atoms with Gasteiger partial charge in [-0.1, -0.05) is 47.6 Å². The first kappa shape index (κ1) is 14.9. The number of hydrogen-bond acceptors (Lipinski definition) is 3. The van der Waals surface area contributed by atoms with E-state index >= 15 is 0 Å². The number of amidine groups is 1. The zero-order valence-corrected chi connectivity index (χ0v) is 12.4. The summed E-state index contributed by atoms with van der Waals surface area (Å²) in [5.41, 5.74) is 9.23. The summed E-state index contributed by atoms with van der Waals surface area (Å²) in [5, 5.41) is 12.2. The van der Waals surface area contributed by atoms with E-state index in [2.05, 4.69) is 35.2 Å². The second-order valence-corrected chi connectivity index (χ2v) is 5.21. The second kappa shape index (κ2) is 6.79. The fourth-order valence-electron chi connectivity index (χ4n) is 2.37. The van der Waals surface area contributed by atoms with Gasteiger partial charge in [-0.25, -0.2) is 0 Å². The lowest BCUT2D eigenvalue weighted by atomic mass is 9.97. The van der Waals surface area contributed by atoms with Gasteiger partial charge < -0.3 is 15.8 Å². The number of hydrogen-bond donors (Lipinski definition) is 2.